The molecule has 1 saturated carbocycles. The van der Waals surface area contributed by atoms with E-state index in [9.17, 15) is 13.2 Å². The van der Waals surface area contributed by atoms with Crippen molar-refractivity contribution in [2.45, 2.75) is 29.4 Å². The smallest absolute Gasteiger partial charge is 0.252 e. The van der Waals surface area contributed by atoms with Gasteiger partial charge in [-0.2, -0.15) is 9.29 Å². The van der Waals surface area contributed by atoms with E-state index in [0.717, 1.165) is 29.7 Å². The van der Waals surface area contributed by atoms with Crippen LogP contribution in [0.25, 0.3) is 17.5 Å². The molecule has 1 amide bonds. The van der Waals surface area contributed by atoms with Crippen LogP contribution in [0.1, 0.15) is 36.6 Å². The first-order valence-corrected chi connectivity index (χ1v) is 13.3. The largest absolute Gasteiger partial charge is 0.339 e. The molecule has 2 fully saturated rings. The van der Waals surface area contributed by atoms with E-state index in [-0.39, 0.29) is 23.2 Å². The van der Waals surface area contributed by atoms with E-state index in [4.69, 9.17) is 4.52 Å². The SMILES string of the molecule is O=C(/C=C/c1ccccc1)N1CCN(S(=O)(=O)c2cc(-c3noc(C4CCC4)n3)cs2)CC1. The molecule has 0 atom stereocenters. The van der Waals surface area contributed by atoms with Crippen molar-refractivity contribution >= 4 is 33.3 Å². The number of piperazine rings is 1. The Morgan fingerprint density at radius 2 is 1.88 bits per heavy atom. The van der Waals surface area contributed by atoms with Gasteiger partial charge in [-0.05, 0) is 30.5 Å². The van der Waals surface area contributed by atoms with Crippen LogP contribution in [-0.2, 0) is 14.8 Å². The number of rotatable bonds is 6. The third-order valence-electron chi connectivity index (χ3n) is 6.09. The van der Waals surface area contributed by atoms with Gasteiger partial charge in [0.2, 0.25) is 17.6 Å². The number of carbonyl (C=O) groups is 1. The van der Waals surface area contributed by atoms with Crippen molar-refractivity contribution in [2.75, 3.05) is 26.2 Å². The zero-order chi connectivity index (χ0) is 22.8. The van der Waals surface area contributed by atoms with Gasteiger partial charge in [-0.3, -0.25) is 4.79 Å². The van der Waals surface area contributed by atoms with Crippen LogP contribution in [0.2, 0.25) is 0 Å². The van der Waals surface area contributed by atoms with Crippen molar-refractivity contribution in [1.82, 2.24) is 19.3 Å². The van der Waals surface area contributed by atoms with Gasteiger partial charge in [0.05, 0.1) is 0 Å². The molecular weight excluding hydrogens is 460 g/mol. The molecule has 0 radical (unpaired) electrons. The maximum Gasteiger partial charge on any atom is 0.252 e. The van der Waals surface area contributed by atoms with Crippen LogP contribution in [0.5, 0.6) is 0 Å². The van der Waals surface area contributed by atoms with Gasteiger partial charge in [0, 0.05) is 49.1 Å². The molecule has 2 aliphatic rings. The highest BCUT2D eigenvalue weighted by Crippen LogP contribution is 2.37. The normalized spacial score (nSPS) is 18.0. The molecule has 1 saturated heterocycles. The van der Waals surface area contributed by atoms with E-state index in [1.165, 1.54) is 16.8 Å². The summed E-state index contributed by atoms with van der Waals surface area (Å²) in [5, 5.41) is 5.77. The molecule has 0 bridgehead atoms. The molecule has 1 aromatic carbocycles. The van der Waals surface area contributed by atoms with Crippen molar-refractivity contribution in [3.05, 3.63) is 59.3 Å². The molecule has 0 N–H and O–H groups in total. The third kappa shape index (κ3) is 4.64. The highest BCUT2D eigenvalue weighted by atomic mass is 32.2. The Balaban J connectivity index is 1.21. The Morgan fingerprint density at radius 3 is 2.58 bits per heavy atom. The predicted octanol–water partition coefficient (Wildman–Crippen LogP) is 3.61. The van der Waals surface area contributed by atoms with Crippen LogP contribution in [-0.4, -0.2) is 59.8 Å². The predicted molar refractivity (Wildman–Crippen MR) is 125 cm³/mol. The number of thiophene rings is 1. The fourth-order valence-corrected chi connectivity index (χ4v) is 6.59. The molecule has 3 aromatic rings. The summed E-state index contributed by atoms with van der Waals surface area (Å²) < 4.78 is 33.3. The average molecular weight is 485 g/mol. The molecule has 172 valence electrons. The number of sulfonamides is 1. The second-order valence-electron chi connectivity index (χ2n) is 8.21. The molecule has 5 rings (SSSR count). The number of hydrogen-bond donors (Lipinski definition) is 0. The van der Waals surface area contributed by atoms with Gasteiger partial charge < -0.3 is 9.42 Å². The summed E-state index contributed by atoms with van der Waals surface area (Å²) in [6, 6.07) is 11.2. The zero-order valence-electron chi connectivity index (χ0n) is 18.0. The summed E-state index contributed by atoms with van der Waals surface area (Å²) in [5.41, 5.74) is 1.59. The van der Waals surface area contributed by atoms with Crippen molar-refractivity contribution < 1.29 is 17.7 Å². The quantitative estimate of drug-likeness (QED) is 0.496. The minimum Gasteiger partial charge on any atom is -0.339 e. The van der Waals surface area contributed by atoms with Gasteiger partial charge in [-0.15, -0.1) is 11.3 Å². The lowest BCUT2D eigenvalue weighted by atomic mass is 9.85. The molecule has 33 heavy (non-hydrogen) atoms. The van der Waals surface area contributed by atoms with Crippen LogP contribution in [0.15, 0.2) is 56.6 Å². The zero-order valence-corrected chi connectivity index (χ0v) is 19.6. The van der Waals surface area contributed by atoms with Gasteiger partial charge in [0.15, 0.2) is 0 Å². The maximum atomic E-state index is 13.1. The molecule has 8 nitrogen and oxygen atoms in total. The van der Waals surface area contributed by atoms with Gasteiger partial charge in [0.25, 0.3) is 10.0 Å². The summed E-state index contributed by atoms with van der Waals surface area (Å²) in [7, 11) is -3.65. The second-order valence-corrected chi connectivity index (χ2v) is 11.3. The van der Waals surface area contributed by atoms with Crippen LogP contribution in [0.3, 0.4) is 0 Å². The first kappa shape index (κ1) is 22.0. The van der Waals surface area contributed by atoms with Gasteiger partial charge in [-0.1, -0.05) is 41.9 Å². The standard InChI is InChI=1S/C23H24N4O4S2/c28-20(10-9-17-5-2-1-3-6-17)26-11-13-27(14-12-26)33(29,30)21-15-19(16-32-21)22-24-23(31-25-22)18-7-4-8-18/h1-3,5-6,9-10,15-16,18H,4,7-8,11-14H2/b10-9+. The average Bonchev–Trinajstić information content (AvgIpc) is 3.47. The molecule has 10 heteroatoms. The van der Waals surface area contributed by atoms with E-state index in [2.05, 4.69) is 10.1 Å². The third-order valence-corrected chi connectivity index (χ3v) is 9.41. The monoisotopic (exact) mass is 484 g/mol. The second kappa shape index (κ2) is 9.20. The molecule has 1 aliphatic heterocycles. The minimum atomic E-state index is -3.65. The molecule has 0 spiro atoms. The topological polar surface area (TPSA) is 96.6 Å². The van der Waals surface area contributed by atoms with Crippen LogP contribution in [0, 0.1) is 0 Å². The van der Waals surface area contributed by atoms with E-state index in [1.807, 2.05) is 30.3 Å². The number of carbonyl (C=O) groups excluding carboxylic acids is 1. The Bertz CT molecular complexity index is 1250. The van der Waals surface area contributed by atoms with E-state index >= 15 is 0 Å². The minimum absolute atomic E-state index is 0.117. The molecule has 0 unspecified atom stereocenters. The first-order valence-electron chi connectivity index (χ1n) is 11.0. The molecule has 3 heterocycles. The Kier molecular flexibility index (Phi) is 6.13. The number of nitrogens with zero attached hydrogens (tertiary/aromatic N) is 4. The highest BCUT2D eigenvalue weighted by molar-refractivity contribution is 7.91. The Hall–Kier alpha value is -2.82. The fourth-order valence-electron chi connectivity index (χ4n) is 3.86. The molecule has 2 aromatic heterocycles. The van der Waals surface area contributed by atoms with Crippen molar-refractivity contribution in [3.8, 4) is 11.4 Å². The van der Waals surface area contributed by atoms with Crippen LogP contribution < -0.4 is 0 Å². The summed E-state index contributed by atoms with van der Waals surface area (Å²) in [5.74, 6) is 1.27. The lowest BCUT2D eigenvalue weighted by Gasteiger charge is -2.33. The summed E-state index contributed by atoms with van der Waals surface area (Å²) in [6.07, 6.45) is 6.59. The number of aromatic nitrogens is 2. The summed E-state index contributed by atoms with van der Waals surface area (Å²) in [4.78, 5) is 18.6. The van der Waals surface area contributed by atoms with Gasteiger partial charge in [0.1, 0.15) is 4.21 Å². The molecular formula is C23H24N4O4S2. The van der Waals surface area contributed by atoms with E-state index < -0.39 is 10.0 Å². The lowest BCUT2D eigenvalue weighted by molar-refractivity contribution is -0.127. The Morgan fingerprint density at radius 1 is 1.12 bits per heavy atom. The molecule has 1 aliphatic carbocycles. The fraction of sp³-hybridized carbons (Fsp3) is 0.348. The van der Waals surface area contributed by atoms with E-state index in [1.54, 1.807) is 22.4 Å². The van der Waals surface area contributed by atoms with Crippen molar-refractivity contribution in [2.24, 2.45) is 0 Å². The van der Waals surface area contributed by atoms with Crippen molar-refractivity contribution in [3.63, 3.8) is 0 Å². The van der Waals surface area contributed by atoms with Crippen LogP contribution >= 0.6 is 11.3 Å². The van der Waals surface area contributed by atoms with E-state index in [0.29, 0.717) is 36.3 Å². The number of amides is 1. The Labute approximate surface area is 196 Å². The summed E-state index contributed by atoms with van der Waals surface area (Å²) >= 11 is 1.15. The first-order chi connectivity index (χ1) is 16.0. The number of benzene rings is 1. The van der Waals surface area contributed by atoms with Gasteiger partial charge in [-0.25, -0.2) is 8.42 Å². The lowest BCUT2D eigenvalue weighted by Crippen LogP contribution is -2.50. The van der Waals surface area contributed by atoms with Crippen molar-refractivity contribution in [1.29, 1.82) is 0 Å². The maximum absolute atomic E-state index is 13.1. The highest BCUT2D eigenvalue weighted by Gasteiger charge is 2.31. The number of hydrogen-bond acceptors (Lipinski definition) is 7. The van der Waals surface area contributed by atoms with Gasteiger partial charge >= 0.3 is 0 Å². The van der Waals surface area contributed by atoms with Crippen LogP contribution in [0.4, 0.5) is 0 Å². The summed E-state index contributed by atoms with van der Waals surface area (Å²) in [6.45, 7) is 1.22.